The second kappa shape index (κ2) is 5.08. The molecule has 0 bridgehead atoms. The van der Waals surface area contributed by atoms with Crippen LogP contribution in [0.4, 0.5) is 0 Å². The lowest BCUT2D eigenvalue weighted by Crippen LogP contribution is -2.14. The van der Waals surface area contributed by atoms with E-state index >= 15 is 0 Å². The molecule has 18 heavy (non-hydrogen) atoms. The predicted molar refractivity (Wildman–Crippen MR) is 71.8 cm³/mol. The highest BCUT2D eigenvalue weighted by Gasteiger charge is 2.23. The number of nitrogens with zero attached hydrogens (tertiary/aromatic N) is 2. The van der Waals surface area contributed by atoms with Gasteiger partial charge in [-0.2, -0.15) is 0 Å². The summed E-state index contributed by atoms with van der Waals surface area (Å²) in [7, 11) is 1.75. The van der Waals surface area contributed by atoms with Crippen LogP contribution in [0.15, 0.2) is 24.3 Å². The lowest BCUT2D eigenvalue weighted by molar-refractivity contribution is 0.187. The number of benzene rings is 1. The molecule has 4 heteroatoms. The average molecular weight is 245 g/mol. The molecule has 0 radical (unpaired) electrons. The number of imidazole rings is 1. The highest BCUT2D eigenvalue weighted by molar-refractivity contribution is 5.76. The van der Waals surface area contributed by atoms with Crippen molar-refractivity contribution in [2.75, 3.05) is 26.8 Å². The molecule has 96 valence electrons. The van der Waals surface area contributed by atoms with Gasteiger partial charge in [0.1, 0.15) is 5.82 Å². The summed E-state index contributed by atoms with van der Waals surface area (Å²) in [5.74, 6) is 1.74. The van der Waals surface area contributed by atoms with E-state index in [1.165, 1.54) is 17.8 Å². The first-order chi connectivity index (χ1) is 8.90. The standard InChI is InChI=1S/C14H19N3O/c1-18-9-8-17-13-5-3-2-4-12(13)16-14(17)11-6-7-15-10-11/h2-5,11,15H,6-10H2,1H3. The molecular formula is C14H19N3O. The van der Waals surface area contributed by atoms with Gasteiger partial charge in [0.05, 0.1) is 17.6 Å². The Hall–Kier alpha value is -1.39. The molecule has 1 aromatic carbocycles. The molecule has 1 N–H and O–H groups in total. The zero-order chi connectivity index (χ0) is 12.4. The van der Waals surface area contributed by atoms with Crippen LogP contribution in [0.2, 0.25) is 0 Å². The number of para-hydroxylation sites is 2. The van der Waals surface area contributed by atoms with Crippen molar-refractivity contribution in [3.8, 4) is 0 Å². The van der Waals surface area contributed by atoms with Crippen molar-refractivity contribution in [1.82, 2.24) is 14.9 Å². The van der Waals surface area contributed by atoms with E-state index < -0.39 is 0 Å². The largest absolute Gasteiger partial charge is 0.383 e. The first-order valence-corrected chi connectivity index (χ1v) is 6.55. The van der Waals surface area contributed by atoms with Crippen LogP contribution < -0.4 is 5.32 Å². The Labute approximate surface area is 107 Å². The third kappa shape index (κ3) is 2.02. The summed E-state index contributed by atoms with van der Waals surface area (Å²) in [4.78, 5) is 4.81. The Morgan fingerprint density at radius 1 is 1.44 bits per heavy atom. The summed E-state index contributed by atoms with van der Waals surface area (Å²) < 4.78 is 7.53. The number of ether oxygens (including phenoxy) is 1. The van der Waals surface area contributed by atoms with E-state index in [0.29, 0.717) is 5.92 Å². The third-order valence-electron chi connectivity index (χ3n) is 3.63. The van der Waals surface area contributed by atoms with Gasteiger partial charge in [0.25, 0.3) is 0 Å². The molecule has 1 fully saturated rings. The van der Waals surface area contributed by atoms with Crippen molar-refractivity contribution in [3.05, 3.63) is 30.1 Å². The Morgan fingerprint density at radius 2 is 2.33 bits per heavy atom. The van der Waals surface area contributed by atoms with Gasteiger partial charge in [-0.25, -0.2) is 4.98 Å². The van der Waals surface area contributed by atoms with Gasteiger partial charge in [-0.1, -0.05) is 12.1 Å². The van der Waals surface area contributed by atoms with Crippen molar-refractivity contribution in [2.24, 2.45) is 0 Å². The Morgan fingerprint density at radius 3 is 3.11 bits per heavy atom. The van der Waals surface area contributed by atoms with Gasteiger partial charge in [0.15, 0.2) is 0 Å². The van der Waals surface area contributed by atoms with Crippen LogP contribution in [0.25, 0.3) is 11.0 Å². The molecule has 2 heterocycles. The monoisotopic (exact) mass is 245 g/mol. The minimum Gasteiger partial charge on any atom is -0.383 e. The molecule has 1 aromatic heterocycles. The van der Waals surface area contributed by atoms with E-state index in [2.05, 4.69) is 28.1 Å². The lowest BCUT2D eigenvalue weighted by atomic mass is 10.1. The molecule has 1 aliphatic heterocycles. The van der Waals surface area contributed by atoms with Crippen LogP contribution in [0.3, 0.4) is 0 Å². The summed E-state index contributed by atoms with van der Waals surface area (Å²) in [6, 6.07) is 8.35. The second-order valence-corrected chi connectivity index (χ2v) is 4.79. The van der Waals surface area contributed by atoms with Gasteiger partial charge in [-0.05, 0) is 25.1 Å². The van der Waals surface area contributed by atoms with E-state index in [9.17, 15) is 0 Å². The highest BCUT2D eigenvalue weighted by atomic mass is 16.5. The molecule has 0 amide bonds. The number of methoxy groups -OCH3 is 1. The fraction of sp³-hybridized carbons (Fsp3) is 0.500. The normalized spacial score (nSPS) is 19.7. The van der Waals surface area contributed by atoms with E-state index in [1.54, 1.807) is 7.11 Å². The van der Waals surface area contributed by atoms with E-state index in [0.717, 1.165) is 31.8 Å². The van der Waals surface area contributed by atoms with E-state index in [-0.39, 0.29) is 0 Å². The maximum absolute atomic E-state index is 5.22. The molecule has 1 aliphatic rings. The number of rotatable bonds is 4. The number of aromatic nitrogens is 2. The second-order valence-electron chi connectivity index (χ2n) is 4.79. The summed E-state index contributed by atoms with van der Waals surface area (Å²) >= 11 is 0. The van der Waals surface area contributed by atoms with Crippen molar-refractivity contribution >= 4 is 11.0 Å². The van der Waals surface area contributed by atoms with Crippen LogP contribution in [-0.2, 0) is 11.3 Å². The SMILES string of the molecule is COCCn1c(C2CCNC2)nc2ccccc21. The topological polar surface area (TPSA) is 39.1 Å². The molecular weight excluding hydrogens is 226 g/mol. The Balaban J connectivity index is 2.04. The average Bonchev–Trinajstić information content (AvgIpc) is 3.03. The molecule has 0 spiro atoms. The fourth-order valence-electron chi connectivity index (χ4n) is 2.70. The van der Waals surface area contributed by atoms with Gasteiger partial charge in [0, 0.05) is 26.1 Å². The van der Waals surface area contributed by atoms with Crippen molar-refractivity contribution < 1.29 is 4.74 Å². The van der Waals surface area contributed by atoms with Gasteiger partial charge in [-0.15, -0.1) is 0 Å². The van der Waals surface area contributed by atoms with Crippen molar-refractivity contribution in [2.45, 2.75) is 18.9 Å². The number of nitrogens with one attached hydrogen (secondary N) is 1. The number of hydrogen-bond donors (Lipinski definition) is 1. The minimum atomic E-state index is 0.536. The first-order valence-electron chi connectivity index (χ1n) is 6.55. The zero-order valence-electron chi connectivity index (χ0n) is 10.7. The zero-order valence-corrected chi connectivity index (χ0v) is 10.7. The van der Waals surface area contributed by atoms with Gasteiger partial charge in [-0.3, -0.25) is 0 Å². The summed E-state index contributed by atoms with van der Waals surface area (Å²) in [6.45, 7) is 3.74. The molecule has 1 unspecified atom stereocenters. The maximum Gasteiger partial charge on any atom is 0.114 e. The third-order valence-corrected chi connectivity index (χ3v) is 3.63. The number of fused-ring (bicyclic) bond motifs is 1. The van der Waals surface area contributed by atoms with Crippen LogP contribution in [-0.4, -0.2) is 36.4 Å². The van der Waals surface area contributed by atoms with Crippen LogP contribution in [0.5, 0.6) is 0 Å². The maximum atomic E-state index is 5.22. The summed E-state index contributed by atoms with van der Waals surface area (Å²) in [5.41, 5.74) is 2.31. The summed E-state index contributed by atoms with van der Waals surface area (Å²) in [5, 5.41) is 3.41. The van der Waals surface area contributed by atoms with Crippen molar-refractivity contribution in [3.63, 3.8) is 0 Å². The molecule has 3 rings (SSSR count). The molecule has 4 nitrogen and oxygen atoms in total. The van der Waals surface area contributed by atoms with Crippen LogP contribution in [0, 0.1) is 0 Å². The van der Waals surface area contributed by atoms with E-state index in [1.807, 2.05) is 6.07 Å². The predicted octanol–water partition coefficient (Wildman–Crippen LogP) is 1.76. The van der Waals surface area contributed by atoms with Gasteiger partial charge >= 0.3 is 0 Å². The molecule has 1 atom stereocenters. The summed E-state index contributed by atoms with van der Waals surface area (Å²) in [6.07, 6.45) is 1.18. The van der Waals surface area contributed by atoms with Gasteiger partial charge in [0.2, 0.25) is 0 Å². The Kier molecular flexibility index (Phi) is 3.30. The minimum absolute atomic E-state index is 0.536. The smallest absolute Gasteiger partial charge is 0.114 e. The lowest BCUT2D eigenvalue weighted by Gasteiger charge is -2.12. The molecule has 2 aromatic rings. The Bertz CT molecular complexity index is 529. The van der Waals surface area contributed by atoms with E-state index in [4.69, 9.17) is 9.72 Å². The van der Waals surface area contributed by atoms with Crippen LogP contribution in [0.1, 0.15) is 18.2 Å². The quantitative estimate of drug-likeness (QED) is 0.892. The fourth-order valence-corrected chi connectivity index (χ4v) is 2.70. The van der Waals surface area contributed by atoms with Crippen molar-refractivity contribution in [1.29, 1.82) is 0 Å². The number of hydrogen-bond acceptors (Lipinski definition) is 3. The van der Waals surface area contributed by atoms with Gasteiger partial charge < -0.3 is 14.6 Å². The molecule has 0 saturated carbocycles. The molecule has 0 aliphatic carbocycles. The highest BCUT2D eigenvalue weighted by Crippen LogP contribution is 2.26. The molecule has 1 saturated heterocycles. The first kappa shape index (κ1) is 11.7. The van der Waals surface area contributed by atoms with Crippen LogP contribution >= 0.6 is 0 Å².